The maximum atomic E-state index is 12.0. The monoisotopic (exact) mass is 423 g/mol. The molecule has 3 rings (SSSR count). The molecule has 2 N–H and O–H groups in total. The van der Waals surface area contributed by atoms with Crippen LogP contribution in [0.3, 0.4) is 0 Å². The first-order chi connectivity index (χ1) is 13.2. The molecule has 9 nitrogen and oxygen atoms in total. The Labute approximate surface area is 167 Å². The van der Waals surface area contributed by atoms with E-state index in [9.17, 15) is 14.4 Å². The van der Waals surface area contributed by atoms with Gasteiger partial charge in [0.1, 0.15) is 5.69 Å². The molecule has 11 heteroatoms. The van der Waals surface area contributed by atoms with Gasteiger partial charge in [0.15, 0.2) is 11.4 Å². The molecular formula is C17H15Cl2N5O4. The van der Waals surface area contributed by atoms with Crippen molar-refractivity contribution >= 4 is 23.2 Å². The predicted molar refractivity (Wildman–Crippen MR) is 105 cm³/mol. The molecular weight excluding hydrogens is 409 g/mol. The van der Waals surface area contributed by atoms with E-state index < -0.39 is 11.2 Å². The van der Waals surface area contributed by atoms with Gasteiger partial charge in [0, 0.05) is 18.5 Å². The zero-order valence-electron chi connectivity index (χ0n) is 15.0. The molecule has 1 aromatic carbocycles. The van der Waals surface area contributed by atoms with Crippen molar-refractivity contribution in [1.29, 1.82) is 0 Å². The topological polar surface area (TPSA) is 123 Å². The summed E-state index contributed by atoms with van der Waals surface area (Å²) in [5.41, 5.74) is -1.04. The molecule has 0 spiro atoms. The number of nitrogens with zero attached hydrogens (tertiary/aromatic N) is 3. The van der Waals surface area contributed by atoms with E-state index in [1.807, 2.05) is 13.8 Å². The number of ether oxygens (including phenoxy) is 1. The molecule has 0 unspecified atom stereocenters. The highest BCUT2D eigenvalue weighted by molar-refractivity contribution is 6.37. The summed E-state index contributed by atoms with van der Waals surface area (Å²) in [6, 6.07) is 2.86. The average molecular weight is 424 g/mol. The summed E-state index contributed by atoms with van der Waals surface area (Å²) in [5.74, 6) is 0.101. The van der Waals surface area contributed by atoms with E-state index in [0.717, 1.165) is 4.68 Å². The molecule has 0 radical (unpaired) electrons. The van der Waals surface area contributed by atoms with Crippen LogP contribution >= 0.6 is 23.2 Å². The second kappa shape index (κ2) is 7.61. The highest BCUT2D eigenvalue weighted by atomic mass is 35.5. The van der Waals surface area contributed by atoms with E-state index in [1.165, 1.54) is 25.4 Å². The summed E-state index contributed by atoms with van der Waals surface area (Å²) in [6.07, 6.45) is 1.30. The lowest BCUT2D eigenvalue weighted by Gasteiger charge is -2.12. The number of aromatic nitrogens is 5. The number of aromatic amines is 2. The molecule has 146 valence electrons. The lowest BCUT2D eigenvalue weighted by Crippen LogP contribution is -2.31. The van der Waals surface area contributed by atoms with Crippen molar-refractivity contribution in [1.82, 2.24) is 24.7 Å². The maximum absolute atomic E-state index is 12.0. The Morgan fingerprint density at radius 1 is 1.11 bits per heavy atom. The highest BCUT2D eigenvalue weighted by Crippen LogP contribution is 2.38. The summed E-state index contributed by atoms with van der Waals surface area (Å²) in [6.45, 7) is 3.65. The standard InChI is InChI=1S/C17H15Cl2N5O4/c1-7(2)12-15(25)20-6-11(21-12)28-14-9(18)4-8(5-10(14)19)13-16(26)22-17(27)24(3)23-13/h4-7H,1-3H3,(H,20,25)(H,22,26,27). The molecule has 0 aliphatic carbocycles. The molecule has 3 aromatic rings. The number of nitrogens with one attached hydrogen (secondary N) is 2. The van der Waals surface area contributed by atoms with Crippen LogP contribution in [0.15, 0.2) is 32.7 Å². The molecule has 0 saturated heterocycles. The zero-order chi connectivity index (χ0) is 20.6. The Hall–Kier alpha value is -2.91. The van der Waals surface area contributed by atoms with Crippen LogP contribution in [0.4, 0.5) is 0 Å². The molecule has 0 aliphatic rings. The van der Waals surface area contributed by atoms with Gasteiger partial charge in [-0.2, -0.15) is 5.10 Å². The molecule has 0 saturated carbocycles. The van der Waals surface area contributed by atoms with Crippen molar-refractivity contribution in [3.05, 3.63) is 65.3 Å². The first kappa shape index (κ1) is 19.8. The van der Waals surface area contributed by atoms with E-state index in [0.29, 0.717) is 11.3 Å². The maximum Gasteiger partial charge on any atom is 0.344 e. The summed E-state index contributed by atoms with van der Waals surface area (Å²) >= 11 is 12.5. The van der Waals surface area contributed by atoms with Crippen LogP contribution in [-0.2, 0) is 7.05 Å². The van der Waals surface area contributed by atoms with Crippen LogP contribution in [0.25, 0.3) is 11.3 Å². The van der Waals surface area contributed by atoms with Gasteiger partial charge in [-0.15, -0.1) is 0 Å². The van der Waals surface area contributed by atoms with Crippen LogP contribution in [-0.4, -0.2) is 24.7 Å². The molecule has 28 heavy (non-hydrogen) atoms. The van der Waals surface area contributed by atoms with Gasteiger partial charge in [-0.1, -0.05) is 37.0 Å². The van der Waals surface area contributed by atoms with Crippen LogP contribution in [0.1, 0.15) is 25.5 Å². The van der Waals surface area contributed by atoms with Crippen molar-refractivity contribution < 1.29 is 4.74 Å². The number of halogens is 2. The second-order valence-corrected chi connectivity index (χ2v) is 7.02. The van der Waals surface area contributed by atoms with Crippen molar-refractivity contribution in [2.45, 2.75) is 19.8 Å². The number of hydrogen-bond donors (Lipinski definition) is 2. The van der Waals surface area contributed by atoms with Gasteiger partial charge < -0.3 is 9.72 Å². The Morgan fingerprint density at radius 2 is 1.75 bits per heavy atom. The average Bonchev–Trinajstić information content (AvgIpc) is 2.62. The first-order valence-electron chi connectivity index (χ1n) is 8.12. The van der Waals surface area contributed by atoms with Gasteiger partial charge in [-0.05, 0) is 12.1 Å². The third-order valence-electron chi connectivity index (χ3n) is 3.79. The quantitative estimate of drug-likeness (QED) is 0.663. The van der Waals surface area contributed by atoms with Crippen molar-refractivity contribution in [3.63, 3.8) is 0 Å². The summed E-state index contributed by atoms with van der Waals surface area (Å²) < 4.78 is 6.63. The third kappa shape index (κ3) is 3.85. The van der Waals surface area contributed by atoms with Gasteiger partial charge in [0.05, 0.1) is 16.2 Å². The Bertz CT molecular complexity index is 1210. The fourth-order valence-electron chi connectivity index (χ4n) is 2.41. The number of H-pyrrole nitrogens is 2. The van der Waals surface area contributed by atoms with E-state index in [1.54, 1.807) is 0 Å². The number of benzene rings is 1. The van der Waals surface area contributed by atoms with Crippen LogP contribution < -0.4 is 21.5 Å². The molecule has 0 fully saturated rings. The fraction of sp³-hybridized carbons (Fsp3) is 0.235. The smallest absolute Gasteiger partial charge is 0.344 e. The van der Waals surface area contributed by atoms with Gasteiger partial charge >= 0.3 is 5.69 Å². The van der Waals surface area contributed by atoms with E-state index >= 15 is 0 Å². The number of aryl methyl sites for hydroxylation is 1. The van der Waals surface area contributed by atoms with E-state index in [-0.39, 0.29) is 38.8 Å². The predicted octanol–water partition coefficient (Wildman–Crippen LogP) is 2.44. The second-order valence-electron chi connectivity index (χ2n) is 6.21. The van der Waals surface area contributed by atoms with Gasteiger partial charge in [-0.25, -0.2) is 14.5 Å². The SMILES string of the molecule is CC(C)c1nc(Oc2c(Cl)cc(-c3nn(C)c(=O)[nH]c3=O)cc2Cl)c[nH]c1=O. The zero-order valence-corrected chi connectivity index (χ0v) is 16.6. The van der Waals surface area contributed by atoms with Crippen LogP contribution in [0.5, 0.6) is 11.6 Å². The molecule has 2 heterocycles. The van der Waals surface area contributed by atoms with E-state index in [4.69, 9.17) is 27.9 Å². The van der Waals surface area contributed by atoms with Gasteiger partial charge in [-0.3, -0.25) is 14.6 Å². The van der Waals surface area contributed by atoms with Gasteiger partial charge in [0.25, 0.3) is 11.1 Å². The number of hydrogen-bond acceptors (Lipinski definition) is 6. The molecule has 0 bridgehead atoms. The van der Waals surface area contributed by atoms with Crippen LogP contribution in [0.2, 0.25) is 10.0 Å². The summed E-state index contributed by atoms with van der Waals surface area (Å²) in [4.78, 5) is 44.2. The van der Waals surface area contributed by atoms with Crippen molar-refractivity contribution in [2.24, 2.45) is 7.05 Å². The normalized spacial score (nSPS) is 11.1. The summed E-state index contributed by atoms with van der Waals surface area (Å²) in [7, 11) is 1.40. The third-order valence-corrected chi connectivity index (χ3v) is 4.36. The Kier molecular flexibility index (Phi) is 5.39. The Balaban J connectivity index is 2.03. The Morgan fingerprint density at radius 3 is 2.36 bits per heavy atom. The fourth-order valence-corrected chi connectivity index (χ4v) is 2.98. The minimum Gasteiger partial charge on any atom is -0.434 e. The van der Waals surface area contributed by atoms with E-state index in [2.05, 4.69) is 20.1 Å². The first-order valence-corrected chi connectivity index (χ1v) is 8.87. The highest BCUT2D eigenvalue weighted by Gasteiger charge is 2.17. The summed E-state index contributed by atoms with van der Waals surface area (Å²) in [5, 5.41) is 4.12. The largest absolute Gasteiger partial charge is 0.434 e. The molecule has 2 aromatic heterocycles. The minimum absolute atomic E-state index is 0.0262. The lowest BCUT2D eigenvalue weighted by molar-refractivity contribution is 0.455. The molecule has 0 amide bonds. The van der Waals surface area contributed by atoms with Gasteiger partial charge in [0.2, 0.25) is 5.88 Å². The molecule has 0 aliphatic heterocycles. The van der Waals surface area contributed by atoms with Crippen molar-refractivity contribution in [2.75, 3.05) is 0 Å². The number of rotatable bonds is 4. The molecule has 0 atom stereocenters. The minimum atomic E-state index is -0.673. The van der Waals surface area contributed by atoms with Crippen LogP contribution in [0, 0.1) is 0 Å². The van der Waals surface area contributed by atoms with Crippen molar-refractivity contribution in [3.8, 4) is 22.9 Å². The lowest BCUT2D eigenvalue weighted by atomic mass is 10.1.